The lowest BCUT2D eigenvalue weighted by molar-refractivity contribution is 0.0802. The molecule has 1 atom stereocenters. The molecular weight excluding hydrogens is 297 g/mol. The van der Waals surface area contributed by atoms with Crippen molar-refractivity contribution in [2.45, 2.75) is 6.10 Å². The average Bonchev–Trinajstić information content (AvgIpc) is 2.23. The van der Waals surface area contributed by atoms with E-state index in [1.54, 1.807) is 12.1 Å². The number of benzene rings is 1. The lowest BCUT2D eigenvalue weighted by Gasteiger charge is -2.09. The smallest absolute Gasteiger partial charge is 0.251 e. The van der Waals surface area contributed by atoms with Crippen LogP contribution in [0.3, 0.4) is 0 Å². The second-order valence-corrected chi connectivity index (χ2v) is 4.56. The van der Waals surface area contributed by atoms with E-state index in [1.807, 2.05) is 0 Å². The topological polar surface area (TPSA) is 69.6 Å². The van der Waals surface area contributed by atoms with Gasteiger partial charge in [-0.05, 0) is 18.2 Å². The Bertz CT molecular complexity index is 366. The van der Waals surface area contributed by atoms with Crippen LogP contribution in [-0.4, -0.2) is 35.4 Å². The summed E-state index contributed by atoms with van der Waals surface area (Å²) < 4.78 is 0.702. The number of rotatable bonds is 4. The maximum absolute atomic E-state index is 11.6. The zero-order valence-electron chi connectivity index (χ0n) is 8.28. The first kappa shape index (κ1) is 13.4. The Balaban J connectivity index is 2.66. The van der Waals surface area contributed by atoms with Crippen molar-refractivity contribution in [1.29, 1.82) is 0 Å². The molecule has 1 unspecified atom stereocenters. The van der Waals surface area contributed by atoms with E-state index in [1.165, 1.54) is 6.07 Å². The molecule has 0 spiro atoms. The van der Waals surface area contributed by atoms with Gasteiger partial charge in [-0.1, -0.05) is 27.5 Å². The number of aliphatic hydroxyl groups is 2. The van der Waals surface area contributed by atoms with Crippen molar-refractivity contribution in [2.24, 2.45) is 0 Å². The summed E-state index contributed by atoms with van der Waals surface area (Å²) in [7, 11) is 0. The Kier molecular flexibility index (Phi) is 5.21. The first-order valence-corrected chi connectivity index (χ1v) is 5.73. The molecule has 6 heteroatoms. The van der Waals surface area contributed by atoms with Gasteiger partial charge in [-0.15, -0.1) is 0 Å². The standard InChI is InChI=1S/C10H11BrClNO3/c11-7-1-6(2-8(12)3-7)10(16)13-4-9(15)5-14/h1-3,9,14-15H,4-5H2,(H,13,16). The van der Waals surface area contributed by atoms with Crippen LogP contribution in [0.2, 0.25) is 5.02 Å². The highest BCUT2D eigenvalue weighted by Crippen LogP contribution is 2.19. The Morgan fingerprint density at radius 1 is 1.50 bits per heavy atom. The van der Waals surface area contributed by atoms with Crippen LogP contribution in [-0.2, 0) is 0 Å². The summed E-state index contributed by atoms with van der Waals surface area (Å²) in [6.07, 6.45) is -0.952. The first-order valence-electron chi connectivity index (χ1n) is 4.56. The van der Waals surface area contributed by atoms with E-state index in [9.17, 15) is 4.79 Å². The zero-order chi connectivity index (χ0) is 12.1. The van der Waals surface area contributed by atoms with Gasteiger partial charge in [0.1, 0.15) is 0 Å². The minimum absolute atomic E-state index is 0.000530. The molecule has 0 bridgehead atoms. The average molecular weight is 309 g/mol. The summed E-state index contributed by atoms with van der Waals surface area (Å²) in [5.41, 5.74) is 0.393. The van der Waals surface area contributed by atoms with Crippen LogP contribution in [0.4, 0.5) is 0 Å². The predicted octanol–water partition coefficient (Wildman–Crippen LogP) is 1.19. The molecule has 0 fully saturated rings. The SMILES string of the molecule is O=C(NCC(O)CO)c1cc(Cl)cc(Br)c1. The third-order valence-electron chi connectivity index (χ3n) is 1.83. The molecule has 3 N–H and O–H groups in total. The summed E-state index contributed by atoms with van der Waals surface area (Å²) in [5, 5.41) is 20.6. The van der Waals surface area contributed by atoms with E-state index in [4.69, 9.17) is 21.8 Å². The molecule has 1 aromatic rings. The predicted molar refractivity (Wildman–Crippen MR) is 64.6 cm³/mol. The third-order valence-corrected chi connectivity index (χ3v) is 2.51. The van der Waals surface area contributed by atoms with Gasteiger partial charge in [0.15, 0.2) is 0 Å². The summed E-state index contributed by atoms with van der Waals surface area (Å²) in [6, 6.07) is 4.81. The first-order chi connectivity index (χ1) is 7.52. The molecule has 0 heterocycles. The molecule has 4 nitrogen and oxygen atoms in total. The number of halogens is 2. The molecule has 0 aromatic heterocycles. The van der Waals surface area contributed by atoms with Crippen LogP contribution in [0.1, 0.15) is 10.4 Å². The largest absolute Gasteiger partial charge is 0.394 e. The van der Waals surface area contributed by atoms with Crippen molar-refractivity contribution in [3.8, 4) is 0 Å². The summed E-state index contributed by atoms with van der Waals surface area (Å²) in [6.45, 7) is -0.390. The number of hydrogen-bond acceptors (Lipinski definition) is 3. The molecule has 0 aliphatic rings. The quantitative estimate of drug-likeness (QED) is 0.782. The van der Waals surface area contributed by atoms with E-state index in [0.717, 1.165) is 0 Å². The summed E-state index contributed by atoms with van der Waals surface area (Å²) >= 11 is 9.01. The van der Waals surface area contributed by atoms with Gasteiger partial charge in [-0.25, -0.2) is 0 Å². The minimum Gasteiger partial charge on any atom is -0.394 e. The molecule has 16 heavy (non-hydrogen) atoms. The highest BCUT2D eigenvalue weighted by atomic mass is 79.9. The Morgan fingerprint density at radius 2 is 2.19 bits per heavy atom. The van der Waals surface area contributed by atoms with Gasteiger partial charge in [0.25, 0.3) is 5.91 Å². The van der Waals surface area contributed by atoms with Crippen LogP contribution in [0.5, 0.6) is 0 Å². The van der Waals surface area contributed by atoms with Gasteiger partial charge in [0.05, 0.1) is 12.7 Å². The number of nitrogens with one attached hydrogen (secondary N) is 1. The lowest BCUT2D eigenvalue weighted by atomic mass is 10.2. The highest BCUT2D eigenvalue weighted by molar-refractivity contribution is 9.10. The molecule has 88 valence electrons. The fourth-order valence-electron chi connectivity index (χ4n) is 1.06. The minimum atomic E-state index is -0.952. The van der Waals surface area contributed by atoms with E-state index in [0.29, 0.717) is 15.1 Å². The van der Waals surface area contributed by atoms with E-state index in [-0.39, 0.29) is 19.1 Å². The fourth-order valence-corrected chi connectivity index (χ4v) is 1.92. The molecule has 1 rings (SSSR count). The maximum Gasteiger partial charge on any atom is 0.251 e. The molecular formula is C10H11BrClNO3. The van der Waals surface area contributed by atoms with Crippen LogP contribution >= 0.6 is 27.5 Å². The van der Waals surface area contributed by atoms with E-state index >= 15 is 0 Å². The molecule has 0 radical (unpaired) electrons. The van der Waals surface area contributed by atoms with E-state index < -0.39 is 6.10 Å². The van der Waals surface area contributed by atoms with Crippen molar-refractivity contribution in [2.75, 3.05) is 13.2 Å². The number of carbonyl (C=O) groups is 1. The second-order valence-electron chi connectivity index (χ2n) is 3.20. The maximum atomic E-state index is 11.6. The number of hydrogen-bond donors (Lipinski definition) is 3. The zero-order valence-corrected chi connectivity index (χ0v) is 10.6. The van der Waals surface area contributed by atoms with Crippen LogP contribution < -0.4 is 5.32 Å². The van der Waals surface area contributed by atoms with Gasteiger partial charge in [-0.3, -0.25) is 4.79 Å². The van der Waals surface area contributed by atoms with Crippen molar-refractivity contribution in [3.63, 3.8) is 0 Å². The Hall–Kier alpha value is -0.620. The lowest BCUT2D eigenvalue weighted by Crippen LogP contribution is -2.33. The van der Waals surface area contributed by atoms with Crippen LogP contribution in [0, 0.1) is 0 Å². The summed E-state index contributed by atoms with van der Waals surface area (Å²) in [5.74, 6) is -0.351. The van der Waals surface area contributed by atoms with Gasteiger partial charge >= 0.3 is 0 Å². The van der Waals surface area contributed by atoms with E-state index in [2.05, 4.69) is 21.2 Å². The third kappa shape index (κ3) is 4.09. The van der Waals surface area contributed by atoms with Crippen molar-refractivity contribution in [3.05, 3.63) is 33.3 Å². The normalized spacial score (nSPS) is 12.2. The molecule has 0 aliphatic heterocycles. The van der Waals surface area contributed by atoms with Gasteiger partial charge < -0.3 is 15.5 Å². The summed E-state index contributed by atoms with van der Waals surface area (Å²) in [4.78, 5) is 11.6. The number of aliphatic hydroxyl groups excluding tert-OH is 2. The Morgan fingerprint density at radius 3 is 2.75 bits per heavy atom. The van der Waals surface area contributed by atoms with Crippen molar-refractivity contribution in [1.82, 2.24) is 5.32 Å². The van der Waals surface area contributed by atoms with Gasteiger partial charge in [0, 0.05) is 21.6 Å². The fraction of sp³-hybridized carbons (Fsp3) is 0.300. The molecule has 1 amide bonds. The molecule has 1 aromatic carbocycles. The van der Waals surface area contributed by atoms with Gasteiger partial charge in [0.2, 0.25) is 0 Å². The molecule has 0 saturated carbocycles. The van der Waals surface area contributed by atoms with Crippen molar-refractivity contribution < 1.29 is 15.0 Å². The Labute approximate surface area is 106 Å². The van der Waals surface area contributed by atoms with Gasteiger partial charge in [-0.2, -0.15) is 0 Å². The van der Waals surface area contributed by atoms with Crippen LogP contribution in [0.25, 0.3) is 0 Å². The van der Waals surface area contributed by atoms with Crippen LogP contribution in [0.15, 0.2) is 22.7 Å². The number of amides is 1. The molecule has 0 aliphatic carbocycles. The monoisotopic (exact) mass is 307 g/mol. The molecule has 0 saturated heterocycles. The highest BCUT2D eigenvalue weighted by Gasteiger charge is 2.09. The number of carbonyl (C=O) groups excluding carboxylic acids is 1. The van der Waals surface area contributed by atoms with Crippen molar-refractivity contribution >= 4 is 33.4 Å². The second kappa shape index (κ2) is 6.20.